The van der Waals surface area contributed by atoms with E-state index in [9.17, 15) is 0 Å². The van der Waals surface area contributed by atoms with Crippen LogP contribution in [0, 0.1) is 5.92 Å². The van der Waals surface area contributed by atoms with Crippen molar-refractivity contribution in [2.24, 2.45) is 16.1 Å². The lowest BCUT2D eigenvalue weighted by Gasteiger charge is -1.92. The Morgan fingerprint density at radius 1 is 1.62 bits per heavy atom. The average Bonchev–Trinajstić information content (AvgIpc) is 2.12. The Balaban J connectivity index is 2.58. The lowest BCUT2D eigenvalue weighted by Crippen LogP contribution is -2.69. The van der Waals surface area contributed by atoms with E-state index in [0.717, 1.165) is 5.71 Å². The van der Waals surface area contributed by atoms with Gasteiger partial charge in [0.2, 0.25) is 0 Å². The van der Waals surface area contributed by atoms with Crippen LogP contribution in [0.15, 0.2) is 10.2 Å². The molecule has 0 aromatic rings. The molecular weight excluding hydrogens is 102 g/mol. The number of quaternary nitrogens is 1. The van der Waals surface area contributed by atoms with Gasteiger partial charge in [0.25, 0.3) is 0 Å². The summed E-state index contributed by atoms with van der Waals surface area (Å²) in [5, 5.41) is 7.84. The Hall–Kier alpha value is -0.700. The highest BCUT2D eigenvalue weighted by molar-refractivity contribution is 6.31. The van der Waals surface area contributed by atoms with E-state index in [4.69, 9.17) is 0 Å². The highest BCUT2D eigenvalue weighted by Crippen LogP contribution is 1.93. The third kappa shape index (κ3) is 0.924. The molecule has 0 atom stereocenters. The summed E-state index contributed by atoms with van der Waals surface area (Å²) in [4.78, 5) is 0. The van der Waals surface area contributed by atoms with Crippen molar-refractivity contribution in [1.82, 2.24) is 0 Å². The van der Waals surface area contributed by atoms with Crippen molar-refractivity contribution in [3.8, 4) is 0 Å². The SMILES string of the molecule is CC(C)C1=N[NH2+]N=C1. The second-order valence-electron chi connectivity index (χ2n) is 2.10. The second-order valence-corrected chi connectivity index (χ2v) is 2.10. The zero-order valence-electron chi connectivity index (χ0n) is 5.13. The van der Waals surface area contributed by atoms with Gasteiger partial charge in [-0.15, -0.1) is 0 Å². The standard InChI is InChI=1S/C5H9N3/c1-4(2)5-3-6-8-7-5/h3-4H,1-2H3,(H,6,7,8)/p+1. The van der Waals surface area contributed by atoms with Crippen molar-refractivity contribution in [2.45, 2.75) is 13.8 Å². The molecule has 0 fully saturated rings. The van der Waals surface area contributed by atoms with Crippen LogP contribution in [-0.4, -0.2) is 11.9 Å². The summed E-state index contributed by atoms with van der Waals surface area (Å²) in [5.74, 6) is 0.512. The van der Waals surface area contributed by atoms with E-state index in [1.807, 2.05) is 0 Å². The molecule has 0 amide bonds. The zero-order chi connectivity index (χ0) is 5.98. The topological polar surface area (TPSA) is 41.3 Å². The lowest BCUT2D eigenvalue weighted by atomic mass is 10.1. The molecule has 2 N–H and O–H groups in total. The minimum atomic E-state index is 0.512. The summed E-state index contributed by atoms with van der Waals surface area (Å²) in [7, 11) is 0. The van der Waals surface area contributed by atoms with Gasteiger partial charge in [-0.25, -0.2) is 0 Å². The monoisotopic (exact) mass is 112 g/mol. The van der Waals surface area contributed by atoms with Gasteiger partial charge in [-0.1, -0.05) is 29.6 Å². The first kappa shape index (κ1) is 5.44. The van der Waals surface area contributed by atoms with E-state index < -0.39 is 0 Å². The third-order valence-electron chi connectivity index (χ3n) is 1.07. The van der Waals surface area contributed by atoms with Crippen molar-refractivity contribution < 1.29 is 5.53 Å². The fraction of sp³-hybridized carbons (Fsp3) is 0.600. The predicted octanol–water partition coefficient (Wildman–Crippen LogP) is -0.439. The summed E-state index contributed by atoms with van der Waals surface area (Å²) in [5.41, 5.74) is 2.65. The van der Waals surface area contributed by atoms with E-state index >= 15 is 0 Å². The van der Waals surface area contributed by atoms with Gasteiger partial charge in [-0.2, -0.15) is 0 Å². The average molecular weight is 112 g/mol. The molecule has 0 radical (unpaired) electrons. The predicted molar refractivity (Wildman–Crippen MR) is 32.7 cm³/mol. The normalized spacial score (nSPS) is 17.6. The van der Waals surface area contributed by atoms with E-state index in [-0.39, 0.29) is 0 Å². The molecule has 8 heavy (non-hydrogen) atoms. The molecule has 0 aromatic heterocycles. The molecule has 44 valence electrons. The molecule has 0 aliphatic carbocycles. The van der Waals surface area contributed by atoms with Crippen molar-refractivity contribution in [1.29, 1.82) is 0 Å². The molecule has 0 saturated carbocycles. The summed E-state index contributed by atoms with van der Waals surface area (Å²) < 4.78 is 0. The molecule has 0 aromatic carbocycles. The van der Waals surface area contributed by atoms with E-state index in [1.165, 1.54) is 0 Å². The van der Waals surface area contributed by atoms with Gasteiger partial charge in [-0.05, 0) is 0 Å². The van der Waals surface area contributed by atoms with Crippen molar-refractivity contribution in [2.75, 3.05) is 0 Å². The molecule has 0 bridgehead atoms. The Morgan fingerprint density at radius 2 is 2.38 bits per heavy atom. The summed E-state index contributed by atoms with van der Waals surface area (Å²) in [6.07, 6.45) is 1.80. The Labute approximate surface area is 48.5 Å². The van der Waals surface area contributed by atoms with Crippen molar-refractivity contribution in [3.63, 3.8) is 0 Å². The number of nitrogens with two attached hydrogens (primary N) is 1. The molecule has 0 spiro atoms. The molecule has 3 nitrogen and oxygen atoms in total. The summed E-state index contributed by atoms with van der Waals surface area (Å²) in [6, 6.07) is 0. The van der Waals surface area contributed by atoms with Crippen LogP contribution < -0.4 is 5.53 Å². The maximum atomic E-state index is 4.00. The number of rotatable bonds is 1. The second kappa shape index (κ2) is 2.05. The molecule has 0 unspecified atom stereocenters. The molecule has 1 aliphatic heterocycles. The molecule has 3 heteroatoms. The molecule has 0 saturated heterocycles. The van der Waals surface area contributed by atoms with Gasteiger partial charge in [-0.3, -0.25) is 0 Å². The van der Waals surface area contributed by atoms with Crippen LogP contribution in [0.25, 0.3) is 0 Å². The lowest BCUT2D eigenvalue weighted by molar-refractivity contribution is -0.663. The largest absolute Gasteiger partial charge is 0.125 e. The first-order chi connectivity index (χ1) is 3.80. The zero-order valence-corrected chi connectivity index (χ0v) is 5.13. The smallest absolute Gasteiger partial charge is 0.0988 e. The van der Waals surface area contributed by atoms with Crippen LogP contribution in [0.5, 0.6) is 0 Å². The van der Waals surface area contributed by atoms with Crippen LogP contribution in [0.1, 0.15) is 13.8 Å². The van der Waals surface area contributed by atoms with Crippen LogP contribution in [0.2, 0.25) is 0 Å². The fourth-order valence-electron chi connectivity index (χ4n) is 0.541. The maximum Gasteiger partial charge on any atom is 0.125 e. The van der Waals surface area contributed by atoms with Gasteiger partial charge in [0.15, 0.2) is 0 Å². The van der Waals surface area contributed by atoms with Gasteiger partial charge >= 0.3 is 0 Å². The third-order valence-corrected chi connectivity index (χ3v) is 1.07. The van der Waals surface area contributed by atoms with E-state index in [1.54, 1.807) is 11.7 Å². The highest BCUT2D eigenvalue weighted by Gasteiger charge is 2.07. The first-order valence-electron chi connectivity index (χ1n) is 2.73. The van der Waals surface area contributed by atoms with E-state index in [0.29, 0.717) is 5.92 Å². The van der Waals surface area contributed by atoms with E-state index in [2.05, 4.69) is 24.1 Å². The summed E-state index contributed by atoms with van der Waals surface area (Å²) in [6.45, 7) is 4.20. The molecular formula is C5H10N3+. The van der Waals surface area contributed by atoms with Gasteiger partial charge in [0.1, 0.15) is 11.9 Å². The Bertz CT molecular complexity index is 135. The molecule has 1 rings (SSSR count). The molecule has 1 heterocycles. The van der Waals surface area contributed by atoms with Crippen LogP contribution >= 0.6 is 0 Å². The highest BCUT2D eigenvalue weighted by atomic mass is 15.5. The van der Waals surface area contributed by atoms with Gasteiger partial charge in [0, 0.05) is 5.92 Å². The molecule has 1 aliphatic rings. The van der Waals surface area contributed by atoms with Crippen LogP contribution in [-0.2, 0) is 0 Å². The maximum absolute atomic E-state index is 4.00. The van der Waals surface area contributed by atoms with Crippen LogP contribution in [0.4, 0.5) is 0 Å². The number of hydrogen-bond acceptors (Lipinski definition) is 2. The number of hydrogen-bond donors (Lipinski definition) is 1. The van der Waals surface area contributed by atoms with Crippen LogP contribution in [0.3, 0.4) is 0 Å². The summed E-state index contributed by atoms with van der Waals surface area (Å²) >= 11 is 0. The fourth-order valence-corrected chi connectivity index (χ4v) is 0.541. The minimum absolute atomic E-state index is 0.512. The van der Waals surface area contributed by atoms with Gasteiger partial charge in [0.05, 0.1) is 0 Å². The van der Waals surface area contributed by atoms with Crippen molar-refractivity contribution >= 4 is 11.9 Å². The first-order valence-corrected chi connectivity index (χ1v) is 2.73. The Morgan fingerprint density at radius 3 is 2.62 bits per heavy atom. The minimum Gasteiger partial charge on any atom is -0.0988 e. The van der Waals surface area contributed by atoms with Gasteiger partial charge < -0.3 is 0 Å². The number of nitrogens with zero attached hydrogens (tertiary/aromatic N) is 2. The van der Waals surface area contributed by atoms with Crippen molar-refractivity contribution in [3.05, 3.63) is 0 Å². The Kier molecular flexibility index (Phi) is 1.39. The quantitative estimate of drug-likeness (QED) is 0.447.